The first-order chi connectivity index (χ1) is 8.82. The summed E-state index contributed by atoms with van der Waals surface area (Å²) in [4.78, 5) is 4.50. The molecule has 1 atom stereocenters. The number of rotatable bonds is 3. The van der Waals surface area contributed by atoms with E-state index in [1.54, 1.807) is 0 Å². The van der Waals surface area contributed by atoms with E-state index in [0.29, 0.717) is 11.8 Å². The van der Waals surface area contributed by atoms with E-state index in [0.717, 1.165) is 11.4 Å². The molecule has 0 bridgehead atoms. The van der Waals surface area contributed by atoms with Gasteiger partial charge < -0.3 is 5.73 Å². The van der Waals surface area contributed by atoms with Crippen molar-refractivity contribution in [3.05, 3.63) is 35.7 Å². The third-order valence-corrected chi connectivity index (χ3v) is 3.16. The van der Waals surface area contributed by atoms with Gasteiger partial charge in [-0.05, 0) is 24.0 Å². The molecular weight excluding hydrogens is 232 g/mol. The van der Waals surface area contributed by atoms with E-state index in [9.17, 15) is 0 Å². The van der Waals surface area contributed by atoms with Gasteiger partial charge in [0.15, 0.2) is 0 Å². The first-order valence-corrected chi connectivity index (χ1v) is 7.24. The van der Waals surface area contributed by atoms with Crippen molar-refractivity contribution in [2.75, 3.05) is 0 Å². The van der Waals surface area contributed by atoms with E-state index in [-0.39, 0.29) is 5.41 Å². The summed E-state index contributed by atoms with van der Waals surface area (Å²) in [6, 6.07) is 0. The Morgan fingerprint density at radius 1 is 1.11 bits per heavy atom. The zero-order valence-corrected chi connectivity index (χ0v) is 13.6. The van der Waals surface area contributed by atoms with E-state index >= 15 is 0 Å². The molecule has 0 amide bonds. The molecule has 2 heteroatoms. The van der Waals surface area contributed by atoms with Crippen molar-refractivity contribution in [1.29, 1.82) is 0 Å². The summed E-state index contributed by atoms with van der Waals surface area (Å²) in [5, 5.41) is 0. The molecule has 0 radical (unpaired) electrons. The Balaban J connectivity index is 0.00000154. The molecule has 0 saturated carbocycles. The quantitative estimate of drug-likeness (QED) is 0.736. The van der Waals surface area contributed by atoms with Gasteiger partial charge in [-0.1, -0.05) is 60.6 Å². The number of hydrogen-bond donors (Lipinski definition) is 1. The molecule has 1 aliphatic rings. The van der Waals surface area contributed by atoms with Crippen LogP contribution in [0, 0.1) is 17.3 Å². The molecule has 0 aliphatic heterocycles. The SMILES string of the molecule is CC.CC(C)C(C)C=NC1=C(N)C=CC(C)(C)C=C1. The molecule has 0 saturated heterocycles. The summed E-state index contributed by atoms with van der Waals surface area (Å²) >= 11 is 0. The Kier molecular flexibility index (Phi) is 7.43. The van der Waals surface area contributed by atoms with Crippen molar-refractivity contribution in [2.45, 2.75) is 48.5 Å². The Bertz CT molecular complexity index is 382. The average molecular weight is 262 g/mol. The predicted molar refractivity (Wildman–Crippen MR) is 87.1 cm³/mol. The van der Waals surface area contributed by atoms with Crippen LogP contribution in [0.4, 0.5) is 0 Å². The second kappa shape index (κ2) is 7.98. The monoisotopic (exact) mass is 262 g/mol. The fourth-order valence-corrected chi connectivity index (χ4v) is 1.32. The van der Waals surface area contributed by atoms with Crippen molar-refractivity contribution < 1.29 is 0 Å². The summed E-state index contributed by atoms with van der Waals surface area (Å²) in [5.74, 6) is 1.06. The number of hydrogen-bond acceptors (Lipinski definition) is 2. The topological polar surface area (TPSA) is 38.4 Å². The first-order valence-electron chi connectivity index (χ1n) is 7.24. The normalized spacial score (nSPS) is 19.4. The predicted octanol–water partition coefficient (Wildman–Crippen LogP) is 4.70. The van der Waals surface area contributed by atoms with Gasteiger partial charge in [0.05, 0.1) is 11.4 Å². The van der Waals surface area contributed by atoms with Gasteiger partial charge in [0.25, 0.3) is 0 Å². The van der Waals surface area contributed by atoms with Crippen LogP contribution in [0.15, 0.2) is 40.7 Å². The molecule has 1 rings (SSSR count). The highest BCUT2D eigenvalue weighted by Gasteiger charge is 2.12. The third kappa shape index (κ3) is 6.42. The van der Waals surface area contributed by atoms with Crippen molar-refractivity contribution in [3.8, 4) is 0 Å². The van der Waals surface area contributed by atoms with Gasteiger partial charge in [-0.2, -0.15) is 0 Å². The van der Waals surface area contributed by atoms with Crippen LogP contribution >= 0.6 is 0 Å². The molecule has 0 aromatic carbocycles. The highest BCUT2D eigenvalue weighted by atomic mass is 14.8. The van der Waals surface area contributed by atoms with E-state index in [1.807, 2.05) is 32.2 Å². The van der Waals surface area contributed by atoms with Crippen molar-refractivity contribution >= 4 is 6.21 Å². The Morgan fingerprint density at radius 3 is 2.16 bits per heavy atom. The molecule has 19 heavy (non-hydrogen) atoms. The van der Waals surface area contributed by atoms with Crippen LogP contribution in [0.25, 0.3) is 0 Å². The molecular formula is C17H30N2. The highest BCUT2D eigenvalue weighted by Crippen LogP contribution is 2.24. The van der Waals surface area contributed by atoms with Gasteiger partial charge in [-0.15, -0.1) is 0 Å². The maximum atomic E-state index is 5.99. The molecule has 1 aliphatic carbocycles. The molecule has 0 spiro atoms. The fourth-order valence-electron chi connectivity index (χ4n) is 1.32. The van der Waals surface area contributed by atoms with E-state index < -0.39 is 0 Å². The lowest BCUT2D eigenvalue weighted by Crippen LogP contribution is -2.05. The standard InChI is InChI=1S/C15H24N2.C2H6/c1-11(2)12(3)10-17-14-7-9-15(4,5)8-6-13(14)16;1-2/h6-12H,16H2,1-5H3;1-2H3. The second-order valence-electron chi connectivity index (χ2n) is 5.71. The Hall–Kier alpha value is -1.31. The summed E-state index contributed by atoms with van der Waals surface area (Å²) in [6.45, 7) is 14.9. The molecule has 2 nitrogen and oxygen atoms in total. The smallest absolute Gasteiger partial charge is 0.0852 e. The van der Waals surface area contributed by atoms with Crippen molar-refractivity contribution in [3.63, 3.8) is 0 Å². The number of allylic oxidation sites excluding steroid dienone is 4. The van der Waals surface area contributed by atoms with Crippen molar-refractivity contribution in [2.24, 2.45) is 28.0 Å². The minimum Gasteiger partial charge on any atom is -0.397 e. The third-order valence-electron chi connectivity index (χ3n) is 3.16. The molecule has 0 aromatic rings. The van der Waals surface area contributed by atoms with Crippen LogP contribution in [0.5, 0.6) is 0 Å². The van der Waals surface area contributed by atoms with Gasteiger partial charge in [-0.3, -0.25) is 4.99 Å². The summed E-state index contributed by atoms with van der Waals surface area (Å²) in [6.07, 6.45) is 10.2. The van der Waals surface area contributed by atoms with Crippen LogP contribution in [0.3, 0.4) is 0 Å². The van der Waals surface area contributed by atoms with Gasteiger partial charge in [0.1, 0.15) is 0 Å². The molecule has 0 heterocycles. The van der Waals surface area contributed by atoms with Crippen LogP contribution in [0.1, 0.15) is 48.5 Å². The molecule has 0 aromatic heterocycles. The second-order valence-corrected chi connectivity index (χ2v) is 5.71. The van der Waals surface area contributed by atoms with E-state index in [4.69, 9.17) is 5.73 Å². The van der Waals surface area contributed by atoms with Gasteiger partial charge in [0, 0.05) is 11.6 Å². The van der Waals surface area contributed by atoms with Crippen LogP contribution in [0.2, 0.25) is 0 Å². The molecule has 108 valence electrons. The zero-order valence-electron chi connectivity index (χ0n) is 13.6. The average Bonchev–Trinajstić information content (AvgIpc) is 2.49. The molecule has 2 N–H and O–H groups in total. The lowest BCUT2D eigenvalue weighted by Gasteiger charge is -2.12. The molecule has 0 fully saturated rings. The van der Waals surface area contributed by atoms with Gasteiger partial charge in [-0.25, -0.2) is 0 Å². The first kappa shape index (κ1) is 17.7. The van der Waals surface area contributed by atoms with Gasteiger partial charge >= 0.3 is 0 Å². The number of nitrogens with two attached hydrogens (primary N) is 1. The number of aliphatic imine (C=N–C) groups is 1. The minimum atomic E-state index is 0.0472. The minimum absolute atomic E-state index is 0.0472. The summed E-state index contributed by atoms with van der Waals surface area (Å²) in [5.41, 5.74) is 7.63. The van der Waals surface area contributed by atoms with E-state index in [2.05, 4.69) is 51.8 Å². The maximum Gasteiger partial charge on any atom is 0.0852 e. The zero-order chi connectivity index (χ0) is 15.1. The Morgan fingerprint density at radius 2 is 1.63 bits per heavy atom. The van der Waals surface area contributed by atoms with E-state index in [1.165, 1.54) is 0 Å². The maximum absolute atomic E-state index is 5.99. The summed E-state index contributed by atoms with van der Waals surface area (Å²) < 4.78 is 0. The Labute approximate surface area is 119 Å². The van der Waals surface area contributed by atoms with Crippen LogP contribution in [-0.2, 0) is 0 Å². The summed E-state index contributed by atoms with van der Waals surface area (Å²) in [7, 11) is 0. The lowest BCUT2D eigenvalue weighted by atomic mass is 9.93. The number of nitrogens with zero attached hydrogens (tertiary/aromatic N) is 1. The largest absolute Gasteiger partial charge is 0.397 e. The van der Waals surface area contributed by atoms with Crippen molar-refractivity contribution in [1.82, 2.24) is 0 Å². The lowest BCUT2D eigenvalue weighted by molar-refractivity contribution is 0.540. The van der Waals surface area contributed by atoms with Gasteiger partial charge in [0.2, 0.25) is 0 Å². The van der Waals surface area contributed by atoms with Crippen LogP contribution in [-0.4, -0.2) is 6.21 Å². The molecule has 1 unspecified atom stereocenters. The fraction of sp³-hybridized carbons (Fsp3) is 0.588. The highest BCUT2D eigenvalue weighted by molar-refractivity contribution is 5.63. The van der Waals surface area contributed by atoms with Crippen LogP contribution < -0.4 is 5.73 Å².